The zero-order chi connectivity index (χ0) is 6.41. The van der Waals surface area contributed by atoms with Crippen LogP contribution in [0.3, 0.4) is 0 Å². The molecule has 8 heavy (non-hydrogen) atoms. The molecule has 0 saturated heterocycles. The lowest BCUT2D eigenvalue weighted by Crippen LogP contribution is -2.03. The van der Waals surface area contributed by atoms with E-state index in [0.717, 1.165) is 6.04 Å². The monoisotopic (exact) mass is 132 g/mol. The molecule has 0 aliphatic heterocycles. The van der Waals surface area contributed by atoms with Gasteiger partial charge in [0.05, 0.1) is 12.7 Å². The molecule has 0 aromatic heterocycles. The van der Waals surface area contributed by atoms with Crippen LogP contribution in [-0.2, 0) is 9.20 Å². The Hall–Kier alpha value is -0.0231. The molecule has 0 rings (SSSR count). The van der Waals surface area contributed by atoms with Gasteiger partial charge in [-0.1, -0.05) is 0 Å². The van der Waals surface area contributed by atoms with Crippen LogP contribution in [0, 0.1) is 0 Å². The van der Waals surface area contributed by atoms with Crippen molar-refractivity contribution in [3.05, 3.63) is 0 Å². The first-order valence-electron chi connectivity index (χ1n) is 2.82. The van der Waals surface area contributed by atoms with Crippen molar-refractivity contribution >= 4 is 9.41 Å². The Bertz CT molecular complexity index is 63.4. The van der Waals surface area contributed by atoms with E-state index < -0.39 is 9.41 Å². The number of hydrogen-bond acceptors (Lipinski definition) is 2. The van der Waals surface area contributed by atoms with Gasteiger partial charge in [-0.3, -0.25) is 0 Å². The minimum Gasteiger partial charge on any atom is -0.392 e. The first kappa shape index (κ1) is 7.98. The highest BCUT2D eigenvalue weighted by atomic mass is 28.2. The number of ether oxygens (including phenoxy) is 1. The van der Waals surface area contributed by atoms with E-state index in [-0.39, 0.29) is 6.10 Å². The molecule has 0 saturated carbocycles. The van der Waals surface area contributed by atoms with E-state index in [9.17, 15) is 4.46 Å². The molecule has 0 fully saturated rings. The maximum Gasteiger partial charge on any atom is 0.263 e. The molecule has 0 atom stereocenters. The van der Waals surface area contributed by atoms with Gasteiger partial charge in [-0.15, -0.1) is 0 Å². The number of hydrogen-bond donors (Lipinski definition) is 0. The largest absolute Gasteiger partial charge is 0.392 e. The molecule has 0 aliphatic carbocycles. The minimum atomic E-state index is -0.611. The summed E-state index contributed by atoms with van der Waals surface area (Å²) in [5, 5.41) is 0. The van der Waals surface area contributed by atoms with Crippen LogP contribution < -0.4 is 0 Å². The van der Waals surface area contributed by atoms with Crippen LogP contribution in [0.1, 0.15) is 13.8 Å². The van der Waals surface area contributed by atoms with Gasteiger partial charge in [0.1, 0.15) is 0 Å². The van der Waals surface area contributed by atoms with Crippen molar-refractivity contribution in [3.8, 4) is 0 Å². The van der Waals surface area contributed by atoms with Gasteiger partial charge in [-0.25, -0.2) is 0 Å². The first-order chi connectivity index (χ1) is 3.77. The SMILES string of the molecule is CC(C)OCC[SiH]=O. The molecule has 0 N–H and O–H groups in total. The summed E-state index contributed by atoms with van der Waals surface area (Å²) in [6, 6.07) is 0.720. The summed E-state index contributed by atoms with van der Waals surface area (Å²) < 4.78 is 15.0. The summed E-state index contributed by atoms with van der Waals surface area (Å²) in [5.74, 6) is 0. The van der Waals surface area contributed by atoms with Crippen LogP contribution in [0.4, 0.5) is 0 Å². The van der Waals surface area contributed by atoms with Gasteiger partial charge in [-0.05, 0) is 13.8 Å². The summed E-state index contributed by atoms with van der Waals surface area (Å²) in [4.78, 5) is 0. The Morgan fingerprint density at radius 1 is 1.62 bits per heavy atom. The summed E-state index contributed by atoms with van der Waals surface area (Å²) in [6.45, 7) is 4.59. The lowest BCUT2D eigenvalue weighted by atomic mass is 10.5. The third-order valence-corrected chi connectivity index (χ3v) is 1.16. The molecule has 0 aliphatic rings. The highest BCUT2D eigenvalue weighted by molar-refractivity contribution is 6.16. The second-order valence-electron chi connectivity index (χ2n) is 1.87. The molecule has 0 bridgehead atoms. The van der Waals surface area contributed by atoms with Crippen LogP contribution >= 0.6 is 0 Å². The second kappa shape index (κ2) is 5.12. The lowest BCUT2D eigenvalue weighted by Gasteiger charge is -2.02. The highest BCUT2D eigenvalue weighted by Crippen LogP contribution is 1.87. The van der Waals surface area contributed by atoms with Crippen LogP contribution in [0.25, 0.3) is 0 Å². The predicted molar refractivity (Wildman–Crippen MR) is 33.7 cm³/mol. The molecular weight excluding hydrogens is 120 g/mol. The first-order valence-corrected chi connectivity index (χ1v) is 4.11. The Morgan fingerprint density at radius 3 is 2.62 bits per heavy atom. The fourth-order valence-electron chi connectivity index (χ4n) is 0.352. The topological polar surface area (TPSA) is 26.3 Å². The molecule has 0 heterocycles. The molecule has 0 unspecified atom stereocenters. The maximum absolute atomic E-state index is 9.91. The third-order valence-electron chi connectivity index (χ3n) is 0.687. The molecule has 48 valence electrons. The summed E-state index contributed by atoms with van der Waals surface area (Å²) in [6.07, 6.45) is 0.279. The summed E-state index contributed by atoms with van der Waals surface area (Å²) >= 11 is 0. The highest BCUT2D eigenvalue weighted by Gasteiger charge is 1.89. The number of rotatable bonds is 4. The summed E-state index contributed by atoms with van der Waals surface area (Å²) in [7, 11) is -0.611. The summed E-state index contributed by atoms with van der Waals surface area (Å²) in [5.41, 5.74) is 0. The van der Waals surface area contributed by atoms with Gasteiger partial charge >= 0.3 is 0 Å². The van der Waals surface area contributed by atoms with Crippen molar-refractivity contribution in [2.75, 3.05) is 6.61 Å². The maximum atomic E-state index is 9.91. The van der Waals surface area contributed by atoms with Gasteiger partial charge in [0.2, 0.25) is 0 Å². The van der Waals surface area contributed by atoms with E-state index in [4.69, 9.17) is 4.74 Å². The van der Waals surface area contributed by atoms with E-state index >= 15 is 0 Å². The fraction of sp³-hybridized carbons (Fsp3) is 1.00. The van der Waals surface area contributed by atoms with Gasteiger partial charge in [-0.2, -0.15) is 0 Å². The standard InChI is InChI=1S/C5H12O2Si/c1-5(2)7-3-4-8-6/h5,8H,3-4H2,1-2H3. The molecule has 0 aromatic carbocycles. The predicted octanol–water partition coefficient (Wildman–Crippen LogP) is 0.612. The van der Waals surface area contributed by atoms with E-state index in [2.05, 4.69) is 0 Å². The van der Waals surface area contributed by atoms with Crippen LogP contribution in [-0.4, -0.2) is 22.1 Å². The van der Waals surface area contributed by atoms with Crippen molar-refractivity contribution in [2.45, 2.75) is 26.0 Å². The van der Waals surface area contributed by atoms with Crippen molar-refractivity contribution in [3.63, 3.8) is 0 Å². The minimum absolute atomic E-state index is 0.279. The van der Waals surface area contributed by atoms with Crippen LogP contribution in [0.5, 0.6) is 0 Å². The van der Waals surface area contributed by atoms with Gasteiger partial charge in [0.15, 0.2) is 0 Å². The van der Waals surface area contributed by atoms with Gasteiger partial charge in [0, 0.05) is 6.04 Å². The molecule has 0 radical (unpaired) electrons. The Kier molecular flexibility index (Phi) is 5.11. The Morgan fingerprint density at radius 2 is 2.25 bits per heavy atom. The van der Waals surface area contributed by atoms with E-state index in [1.165, 1.54) is 0 Å². The van der Waals surface area contributed by atoms with Crippen LogP contribution in [0.2, 0.25) is 6.04 Å². The van der Waals surface area contributed by atoms with Crippen molar-refractivity contribution in [1.29, 1.82) is 0 Å². The van der Waals surface area contributed by atoms with Crippen LogP contribution in [0.15, 0.2) is 0 Å². The van der Waals surface area contributed by atoms with E-state index in [1.54, 1.807) is 0 Å². The van der Waals surface area contributed by atoms with Gasteiger partial charge < -0.3 is 9.20 Å². The Labute approximate surface area is 52.1 Å². The molecule has 0 spiro atoms. The Balaban J connectivity index is 2.81. The normalized spacial score (nSPS) is 9.88. The zero-order valence-corrected chi connectivity index (χ0v) is 6.54. The average Bonchev–Trinajstić information content (AvgIpc) is 1.66. The zero-order valence-electron chi connectivity index (χ0n) is 5.39. The van der Waals surface area contributed by atoms with E-state index in [0.29, 0.717) is 6.61 Å². The van der Waals surface area contributed by atoms with Crippen molar-refractivity contribution in [1.82, 2.24) is 0 Å². The average molecular weight is 132 g/mol. The quantitative estimate of drug-likeness (QED) is 0.414. The smallest absolute Gasteiger partial charge is 0.263 e. The van der Waals surface area contributed by atoms with E-state index in [1.807, 2.05) is 13.8 Å². The molecule has 0 amide bonds. The second-order valence-corrected chi connectivity index (χ2v) is 2.79. The van der Waals surface area contributed by atoms with Gasteiger partial charge in [0.25, 0.3) is 9.41 Å². The van der Waals surface area contributed by atoms with Crippen molar-refractivity contribution < 1.29 is 9.20 Å². The fourth-order valence-corrected chi connectivity index (χ4v) is 0.584. The lowest BCUT2D eigenvalue weighted by molar-refractivity contribution is 0.0896. The van der Waals surface area contributed by atoms with Crippen molar-refractivity contribution in [2.24, 2.45) is 0 Å². The molecule has 2 nitrogen and oxygen atoms in total. The molecular formula is C5H12O2Si. The third kappa shape index (κ3) is 5.98. The molecule has 3 heteroatoms. The molecule has 0 aromatic rings.